The van der Waals surface area contributed by atoms with Crippen LogP contribution in [0.2, 0.25) is 0 Å². The summed E-state index contributed by atoms with van der Waals surface area (Å²) in [6, 6.07) is 14.0. The van der Waals surface area contributed by atoms with E-state index < -0.39 is 0 Å². The predicted molar refractivity (Wildman–Crippen MR) is 108 cm³/mol. The molecule has 3 rings (SSSR count). The van der Waals surface area contributed by atoms with Crippen molar-refractivity contribution >= 4 is 23.4 Å². The minimum absolute atomic E-state index is 0.128. The number of fused-ring (bicyclic) bond motifs is 1. The molecule has 0 saturated heterocycles. The zero-order valence-electron chi connectivity index (χ0n) is 15.9. The average Bonchev–Trinajstić information content (AvgIpc) is 2.60. The molecule has 0 radical (unpaired) electrons. The first kappa shape index (κ1) is 18.1. The summed E-state index contributed by atoms with van der Waals surface area (Å²) < 4.78 is 5.62. The van der Waals surface area contributed by atoms with Crippen LogP contribution in [0, 0.1) is 0 Å². The number of carbonyl (C=O) groups excluding carboxylic acids is 1. The van der Waals surface area contributed by atoms with Gasteiger partial charge in [0.05, 0.1) is 12.2 Å². The van der Waals surface area contributed by atoms with Crippen LogP contribution in [0.1, 0.15) is 31.9 Å². The van der Waals surface area contributed by atoms with E-state index in [-0.39, 0.29) is 11.3 Å². The van der Waals surface area contributed by atoms with Crippen molar-refractivity contribution in [3.8, 4) is 5.75 Å². The highest BCUT2D eigenvalue weighted by Crippen LogP contribution is 2.33. The van der Waals surface area contributed by atoms with Crippen molar-refractivity contribution in [2.24, 2.45) is 0 Å². The van der Waals surface area contributed by atoms with Crippen LogP contribution in [0.4, 0.5) is 11.4 Å². The van der Waals surface area contributed by atoms with E-state index in [1.807, 2.05) is 43.5 Å². The second kappa shape index (κ2) is 7.24. The summed E-state index contributed by atoms with van der Waals surface area (Å²) >= 11 is 0. The molecule has 1 aliphatic rings. The van der Waals surface area contributed by atoms with Gasteiger partial charge in [-0.2, -0.15) is 0 Å². The highest BCUT2D eigenvalue weighted by molar-refractivity contribution is 6.02. The lowest BCUT2D eigenvalue weighted by molar-refractivity contribution is -0.111. The molecule has 0 aromatic heterocycles. The molecule has 0 saturated carbocycles. The maximum Gasteiger partial charge on any atom is 0.248 e. The molecule has 1 amide bonds. The van der Waals surface area contributed by atoms with Gasteiger partial charge in [-0.25, -0.2) is 0 Å². The number of carbonyl (C=O) groups is 1. The summed E-state index contributed by atoms with van der Waals surface area (Å²) in [5.74, 6) is 0.704. The Bertz CT molecular complexity index is 817. The first-order chi connectivity index (χ1) is 12.3. The van der Waals surface area contributed by atoms with Gasteiger partial charge in [-0.05, 0) is 40.8 Å². The van der Waals surface area contributed by atoms with Crippen LogP contribution in [-0.4, -0.2) is 26.1 Å². The summed E-state index contributed by atoms with van der Waals surface area (Å²) in [6.45, 7) is 8.09. The number of benzene rings is 2. The highest BCUT2D eigenvalue weighted by Gasteiger charge is 2.15. The van der Waals surface area contributed by atoms with Gasteiger partial charge >= 0.3 is 0 Å². The normalized spacial score (nSPS) is 14.1. The second-order valence-corrected chi connectivity index (χ2v) is 7.65. The number of anilines is 2. The summed E-state index contributed by atoms with van der Waals surface area (Å²) in [6.07, 6.45) is 3.39. The quantitative estimate of drug-likeness (QED) is 0.831. The molecule has 0 atom stereocenters. The van der Waals surface area contributed by atoms with Crippen molar-refractivity contribution in [2.75, 3.05) is 30.4 Å². The summed E-state index contributed by atoms with van der Waals surface area (Å²) in [4.78, 5) is 14.3. The van der Waals surface area contributed by atoms with Crippen molar-refractivity contribution in [3.63, 3.8) is 0 Å². The Morgan fingerprint density at radius 3 is 2.58 bits per heavy atom. The Morgan fingerprint density at radius 2 is 1.88 bits per heavy atom. The van der Waals surface area contributed by atoms with Gasteiger partial charge in [0.1, 0.15) is 12.4 Å². The maximum atomic E-state index is 12.2. The molecule has 2 aromatic rings. The van der Waals surface area contributed by atoms with Crippen molar-refractivity contribution in [3.05, 3.63) is 59.7 Å². The van der Waals surface area contributed by atoms with E-state index in [9.17, 15) is 4.79 Å². The third-order valence-electron chi connectivity index (χ3n) is 4.53. The number of rotatable bonds is 3. The molecular formula is C22H26N2O2. The Morgan fingerprint density at radius 1 is 1.15 bits per heavy atom. The predicted octanol–water partition coefficient (Wildman–Crippen LogP) is 4.46. The second-order valence-electron chi connectivity index (χ2n) is 7.65. The Balaban J connectivity index is 1.65. The Hall–Kier alpha value is -2.75. The van der Waals surface area contributed by atoms with Crippen LogP contribution in [0.5, 0.6) is 5.75 Å². The van der Waals surface area contributed by atoms with Gasteiger partial charge in [0.2, 0.25) is 5.91 Å². The monoisotopic (exact) mass is 350 g/mol. The lowest BCUT2D eigenvalue weighted by Gasteiger charge is -2.28. The molecule has 4 heteroatoms. The molecule has 0 bridgehead atoms. The molecule has 0 fully saturated rings. The number of nitrogens with zero attached hydrogens (tertiary/aromatic N) is 1. The molecular weight excluding hydrogens is 324 g/mol. The van der Waals surface area contributed by atoms with E-state index in [1.165, 1.54) is 5.56 Å². The molecule has 1 N–H and O–H groups in total. The summed E-state index contributed by atoms with van der Waals surface area (Å²) in [5.41, 5.74) is 4.17. The zero-order chi connectivity index (χ0) is 18.7. The van der Waals surface area contributed by atoms with Gasteiger partial charge in [-0.1, -0.05) is 45.0 Å². The van der Waals surface area contributed by atoms with E-state index in [4.69, 9.17) is 4.74 Å². The van der Waals surface area contributed by atoms with Gasteiger partial charge < -0.3 is 15.0 Å². The van der Waals surface area contributed by atoms with Crippen molar-refractivity contribution in [2.45, 2.75) is 26.2 Å². The number of likely N-dealkylation sites (N-methyl/N-ethyl adjacent to an activating group) is 1. The van der Waals surface area contributed by atoms with Crippen LogP contribution < -0.4 is 15.0 Å². The fourth-order valence-corrected chi connectivity index (χ4v) is 2.88. The van der Waals surface area contributed by atoms with E-state index >= 15 is 0 Å². The minimum Gasteiger partial charge on any atom is -0.490 e. The zero-order valence-corrected chi connectivity index (χ0v) is 15.9. The van der Waals surface area contributed by atoms with Crippen LogP contribution in [0.3, 0.4) is 0 Å². The standard InChI is InChI=1S/C22H26N2O2/c1-22(2,3)17-8-5-16(6-9-17)7-12-21(25)23-18-10-11-20-19(15-18)24(4)13-14-26-20/h5-12,15H,13-14H2,1-4H3,(H,23,25). The summed E-state index contributed by atoms with van der Waals surface area (Å²) in [5, 5.41) is 2.91. The highest BCUT2D eigenvalue weighted by atomic mass is 16.5. The number of amides is 1. The smallest absolute Gasteiger partial charge is 0.248 e. The molecule has 0 spiro atoms. The third-order valence-corrected chi connectivity index (χ3v) is 4.53. The van der Waals surface area contributed by atoms with E-state index in [0.717, 1.165) is 29.2 Å². The summed E-state index contributed by atoms with van der Waals surface area (Å²) in [7, 11) is 2.02. The number of ether oxygens (including phenoxy) is 1. The lowest BCUT2D eigenvalue weighted by Crippen LogP contribution is -2.28. The first-order valence-corrected chi connectivity index (χ1v) is 8.90. The van der Waals surface area contributed by atoms with Crippen molar-refractivity contribution < 1.29 is 9.53 Å². The van der Waals surface area contributed by atoms with Crippen molar-refractivity contribution in [1.82, 2.24) is 0 Å². The molecule has 2 aromatic carbocycles. The van der Waals surface area contributed by atoms with E-state index in [0.29, 0.717) is 6.61 Å². The van der Waals surface area contributed by atoms with Crippen molar-refractivity contribution in [1.29, 1.82) is 0 Å². The Kier molecular flexibility index (Phi) is 5.03. The van der Waals surface area contributed by atoms with E-state index in [2.05, 4.69) is 43.1 Å². The molecule has 1 aliphatic heterocycles. The van der Waals surface area contributed by atoms with E-state index in [1.54, 1.807) is 6.08 Å². The van der Waals surface area contributed by atoms with Gasteiger partial charge in [-0.3, -0.25) is 4.79 Å². The fraction of sp³-hybridized carbons (Fsp3) is 0.318. The van der Waals surface area contributed by atoms with Crippen LogP contribution >= 0.6 is 0 Å². The maximum absolute atomic E-state index is 12.2. The van der Waals surface area contributed by atoms with Gasteiger partial charge in [0.25, 0.3) is 0 Å². The largest absolute Gasteiger partial charge is 0.490 e. The number of nitrogens with one attached hydrogen (secondary N) is 1. The molecule has 136 valence electrons. The third kappa shape index (κ3) is 4.26. The van der Waals surface area contributed by atoms with Crippen LogP contribution in [-0.2, 0) is 10.2 Å². The minimum atomic E-state index is -0.149. The molecule has 0 unspecified atom stereocenters. The van der Waals surface area contributed by atoms with Crippen LogP contribution in [0.15, 0.2) is 48.5 Å². The lowest BCUT2D eigenvalue weighted by atomic mass is 9.87. The molecule has 26 heavy (non-hydrogen) atoms. The van der Waals surface area contributed by atoms with Gasteiger partial charge in [-0.15, -0.1) is 0 Å². The average molecular weight is 350 g/mol. The number of hydrogen-bond acceptors (Lipinski definition) is 3. The molecule has 4 nitrogen and oxygen atoms in total. The fourth-order valence-electron chi connectivity index (χ4n) is 2.88. The molecule has 0 aliphatic carbocycles. The Labute approximate surface area is 155 Å². The number of hydrogen-bond donors (Lipinski definition) is 1. The molecule has 1 heterocycles. The van der Waals surface area contributed by atoms with Crippen LogP contribution in [0.25, 0.3) is 6.08 Å². The van der Waals surface area contributed by atoms with Gasteiger partial charge in [0.15, 0.2) is 0 Å². The SMILES string of the molecule is CN1CCOc2ccc(NC(=O)C=Cc3ccc(C(C)(C)C)cc3)cc21. The topological polar surface area (TPSA) is 41.6 Å². The first-order valence-electron chi connectivity index (χ1n) is 8.90. The van der Waals surface area contributed by atoms with Gasteiger partial charge in [0, 0.05) is 18.8 Å².